The van der Waals surface area contributed by atoms with E-state index in [4.69, 9.17) is 9.52 Å². The van der Waals surface area contributed by atoms with Crippen LogP contribution in [0.25, 0.3) is 0 Å². The smallest absolute Gasteiger partial charge is 0.335 e. The zero-order chi connectivity index (χ0) is 13.1. The third-order valence-corrected chi connectivity index (χ3v) is 2.49. The molecule has 1 aromatic heterocycles. The summed E-state index contributed by atoms with van der Waals surface area (Å²) in [6.07, 6.45) is 1.44. The van der Waals surface area contributed by atoms with Crippen LogP contribution in [0.15, 0.2) is 41.0 Å². The number of amides is 1. The van der Waals surface area contributed by atoms with Crippen molar-refractivity contribution in [1.29, 1.82) is 0 Å². The molecule has 0 aliphatic heterocycles. The molecule has 18 heavy (non-hydrogen) atoms. The van der Waals surface area contributed by atoms with Crippen molar-refractivity contribution in [3.05, 3.63) is 53.5 Å². The first-order valence-electron chi connectivity index (χ1n) is 5.27. The van der Waals surface area contributed by atoms with Crippen molar-refractivity contribution in [1.82, 2.24) is 0 Å². The molecule has 5 heteroatoms. The van der Waals surface area contributed by atoms with Crippen LogP contribution in [-0.2, 0) is 0 Å². The van der Waals surface area contributed by atoms with Crippen LogP contribution in [0.5, 0.6) is 0 Å². The van der Waals surface area contributed by atoms with Gasteiger partial charge in [0.15, 0.2) is 0 Å². The fourth-order valence-corrected chi connectivity index (χ4v) is 1.52. The van der Waals surface area contributed by atoms with Crippen LogP contribution in [0, 0.1) is 6.92 Å². The Hall–Kier alpha value is -2.56. The first-order chi connectivity index (χ1) is 8.58. The Morgan fingerprint density at radius 1 is 1.17 bits per heavy atom. The summed E-state index contributed by atoms with van der Waals surface area (Å²) in [5, 5.41) is 11.4. The van der Waals surface area contributed by atoms with Crippen molar-refractivity contribution in [2.75, 3.05) is 5.32 Å². The molecule has 2 rings (SSSR count). The van der Waals surface area contributed by atoms with Gasteiger partial charge in [0.25, 0.3) is 5.91 Å². The molecule has 0 saturated carbocycles. The zero-order valence-electron chi connectivity index (χ0n) is 9.64. The predicted molar refractivity (Wildman–Crippen MR) is 64.8 cm³/mol. The predicted octanol–water partition coefficient (Wildman–Crippen LogP) is 2.54. The molecule has 0 aliphatic carbocycles. The van der Waals surface area contributed by atoms with Gasteiger partial charge >= 0.3 is 5.97 Å². The largest absolute Gasteiger partial charge is 0.478 e. The highest BCUT2D eigenvalue weighted by atomic mass is 16.4. The summed E-state index contributed by atoms with van der Waals surface area (Å²) in [5.74, 6) is -0.752. The lowest BCUT2D eigenvalue weighted by Crippen LogP contribution is -2.12. The summed E-state index contributed by atoms with van der Waals surface area (Å²) in [4.78, 5) is 22.5. The summed E-state index contributed by atoms with van der Waals surface area (Å²) in [7, 11) is 0. The van der Waals surface area contributed by atoms with Crippen LogP contribution in [0.2, 0.25) is 0 Å². The molecule has 1 heterocycles. The number of nitrogens with one attached hydrogen (secondary N) is 1. The summed E-state index contributed by atoms with van der Waals surface area (Å²) in [6.45, 7) is 1.70. The Kier molecular flexibility index (Phi) is 3.14. The maximum absolute atomic E-state index is 11.8. The molecule has 0 unspecified atom stereocenters. The highest BCUT2D eigenvalue weighted by Gasteiger charge is 2.11. The van der Waals surface area contributed by atoms with E-state index in [-0.39, 0.29) is 11.5 Å². The number of benzene rings is 1. The first kappa shape index (κ1) is 11.9. The Balaban J connectivity index is 2.13. The van der Waals surface area contributed by atoms with Gasteiger partial charge in [0.05, 0.1) is 17.4 Å². The lowest BCUT2D eigenvalue weighted by Gasteiger charge is -2.04. The Morgan fingerprint density at radius 2 is 1.83 bits per heavy atom. The number of carbonyl (C=O) groups excluding carboxylic acids is 1. The number of anilines is 1. The third-order valence-electron chi connectivity index (χ3n) is 2.49. The molecule has 5 nitrogen and oxygen atoms in total. The molecule has 0 bridgehead atoms. The van der Waals surface area contributed by atoms with Crippen molar-refractivity contribution >= 4 is 17.6 Å². The van der Waals surface area contributed by atoms with Gasteiger partial charge in [-0.2, -0.15) is 0 Å². The fourth-order valence-electron chi connectivity index (χ4n) is 1.52. The second-order valence-corrected chi connectivity index (χ2v) is 3.73. The van der Waals surface area contributed by atoms with E-state index in [1.165, 1.54) is 30.5 Å². The third kappa shape index (κ3) is 2.40. The molecular weight excluding hydrogens is 234 g/mol. The summed E-state index contributed by atoms with van der Waals surface area (Å²) in [5.41, 5.74) is 1.16. The highest BCUT2D eigenvalue weighted by Crippen LogP contribution is 2.14. The maximum Gasteiger partial charge on any atom is 0.335 e. The number of carboxylic acids is 1. The van der Waals surface area contributed by atoms with Gasteiger partial charge in [0.2, 0.25) is 0 Å². The monoisotopic (exact) mass is 245 g/mol. The van der Waals surface area contributed by atoms with Crippen LogP contribution in [0.4, 0.5) is 5.69 Å². The van der Waals surface area contributed by atoms with Gasteiger partial charge in [-0.05, 0) is 37.3 Å². The minimum Gasteiger partial charge on any atom is -0.478 e. The van der Waals surface area contributed by atoms with Crippen molar-refractivity contribution < 1.29 is 19.1 Å². The summed E-state index contributed by atoms with van der Waals surface area (Å²) >= 11 is 0. The molecule has 0 saturated heterocycles. The molecule has 92 valence electrons. The van der Waals surface area contributed by atoms with E-state index in [1.807, 2.05) is 0 Å². The van der Waals surface area contributed by atoms with E-state index in [9.17, 15) is 9.59 Å². The van der Waals surface area contributed by atoms with Gasteiger partial charge in [0, 0.05) is 5.69 Å². The number of aromatic carboxylic acids is 1. The van der Waals surface area contributed by atoms with E-state index in [2.05, 4.69) is 5.32 Å². The molecule has 0 fully saturated rings. The van der Waals surface area contributed by atoms with Gasteiger partial charge in [-0.15, -0.1) is 0 Å². The number of carboxylic acid groups (broad SMARTS) is 1. The van der Waals surface area contributed by atoms with Gasteiger partial charge < -0.3 is 14.8 Å². The lowest BCUT2D eigenvalue weighted by atomic mass is 10.2. The van der Waals surface area contributed by atoms with Crippen molar-refractivity contribution in [2.24, 2.45) is 0 Å². The molecule has 1 amide bonds. The number of rotatable bonds is 3. The molecule has 0 radical (unpaired) electrons. The molecule has 0 atom stereocenters. The average Bonchev–Trinajstić information content (AvgIpc) is 2.76. The number of carbonyl (C=O) groups is 2. The SMILES string of the molecule is Cc1occc1C(=O)Nc1ccc(C(=O)O)cc1. The van der Waals surface area contributed by atoms with Crippen LogP contribution in [0.1, 0.15) is 26.5 Å². The van der Waals surface area contributed by atoms with E-state index in [1.54, 1.807) is 13.0 Å². The number of hydrogen-bond donors (Lipinski definition) is 2. The van der Waals surface area contributed by atoms with Crippen LogP contribution in [0.3, 0.4) is 0 Å². The van der Waals surface area contributed by atoms with Gasteiger partial charge in [0.1, 0.15) is 5.76 Å². The average molecular weight is 245 g/mol. The molecule has 1 aromatic carbocycles. The van der Waals surface area contributed by atoms with Gasteiger partial charge in [-0.3, -0.25) is 4.79 Å². The Morgan fingerprint density at radius 3 is 2.33 bits per heavy atom. The van der Waals surface area contributed by atoms with Crippen molar-refractivity contribution in [3.63, 3.8) is 0 Å². The molecule has 2 aromatic rings. The normalized spacial score (nSPS) is 10.1. The number of hydrogen-bond acceptors (Lipinski definition) is 3. The molecule has 2 N–H and O–H groups in total. The summed E-state index contributed by atoms with van der Waals surface area (Å²) < 4.78 is 5.04. The van der Waals surface area contributed by atoms with E-state index in [0.717, 1.165) is 0 Å². The second-order valence-electron chi connectivity index (χ2n) is 3.73. The summed E-state index contributed by atoms with van der Waals surface area (Å²) in [6, 6.07) is 7.52. The molecular formula is C13H11NO4. The Bertz CT molecular complexity index is 583. The van der Waals surface area contributed by atoms with Crippen LogP contribution < -0.4 is 5.32 Å². The Labute approximate surface area is 103 Å². The topological polar surface area (TPSA) is 79.5 Å². The standard InChI is InChI=1S/C13H11NO4/c1-8-11(6-7-18-8)12(15)14-10-4-2-9(3-5-10)13(16)17/h2-7H,1H3,(H,14,15)(H,16,17). The fraction of sp³-hybridized carbons (Fsp3) is 0.0769. The highest BCUT2D eigenvalue weighted by molar-refractivity contribution is 6.05. The van der Waals surface area contributed by atoms with E-state index < -0.39 is 5.97 Å². The zero-order valence-corrected chi connectivity index (χ0v) is 9.64. The van der Waals surface area contributed by atoms with Gasteiger partial charge in [-0.25, -0.2) is 4.79 Å². The molecule has 0 aliphatic rings. The first-order valence-corrected chi connectivity index (χ1v) is 5.27. The van der Waals surface area contributed by atoms with Crippen molar-refractivity contribution in [3.8, 4) is 0 Å². The minimum absolute atomic E-state index is 0.174. The van der Waals surface area contributed by atoms with Crippen molar-refractivity contribution in [2.45, 2.75) is 6.92 Å². The molecule has 0 spiro atoms. The van der Waals surface area contributed by atoms with E-state index >= 15 is 0 Å². The van der Waals surface area contributed by atoms with Gasteiger partial charge in [-0.1, -0.05) is 0 Å². The number of furan rings is 1. The second kappa shape index (κ2) is 4.75. The lowest BCUT2D eigenvalue weighted by molar-refractivity contribution is 0.0696. The van der Waals surface area contributed by atoms with Crippen LogP contribution in [-0.4, -0.2) is 17.0 Å². The quantitative estimate of drug-likeness (QED) is 0.870. The maximum atomic E-state index is 11.8. The minimum atomic E-state index is -1.00. The number of aryl methyl sites for hydroxylation is 1. The van der Waals surface area contributed by atoms with Crippen LogP contribution >= 0.6 is 0 Å². The van der Waals surface area contributed by atoms with E-state index in [0.29, 0.717) is 17.0 Å².